The summed E-state index contributed by atoms with van der Waals surface area (Å²) in [5.74, 6) is 0. The maximum Gasteiger partial charge on any atom is 0.0806 e. The van der Waals surface area contributed by atoms with Gasteiger partial charge in [0, 0.05) is 17.1 Å². The summed E-state index contributed by atoms with van der Waals surface area (Å²) in [4.78, 5) is 4.29. The van der Waals surface area contributed by atoms with Gasteiger partial charge < -0.3 is 0 Å². The van der Waals surface area contributed by atoms with E-state index in [1.165, 1.54) is 11.1 Å². The number of aryl methyl sites for hydroxylation is 1. The number of hydrogen-bond acceptors (Lipinski definition) is 1. The van der Waals surface area contributed by atoms with E-state index < -0.39 is 0 Å². The largest absolute Gasteiger partial charge is 0.259 e. The van der Waals surface area contributed by atoms with Crippen molar-refractivity contribution < 1.29 is 0 Å². The molecule has 0 unspecified atom stereocenters. The highest BCUT2D eigenvalue weighted by molar-refractivity contribution is 9.10. The molecular weight excluding hydrogens is 202 g/mol. The monoisotopic (exact) mass is 209 g/mol. The van der Waals surface area contributed by atoms with E-state index in [1.54, 1.807) is 0 Å². The highest BCUT2D eigenvalue weighted by Crippen LogP contribution is 2.34. The standard InChI is InChI=1S/C9H8BrN/c1-6-2-3-7-4-5-11-9(7)8(6)10/h2-3,5H,4H2,1H3. The van der Waals surface area contributed by atoms with Gasteiger partial charge in [0.25, 0.3) is 0 Å². The fourth-order valence-corrected chi connectivity index (χ4v) is 1.73. The van der Waals surface area contributed by atoms with Crippen molar-refractivity contribution in [2.24, 2.45) is 4.99 Å². The van der Waals surface area contributed by atoms with Crippen LogP contribution < -0.4 is 0 Å². The summed E-state index contributed by atoms with van der Waals surface area (Å²) in [7, 11) is 0. The van der Waals surface area contributed by atoms with Crippen LogP contribution in [0.15, 0.2) is 21.6 Å². The Bertz CT molecular complexity index is 329. The molecule has 1 nitrogen and oxygen atoms in total. The zero-order valence-corrected chi connectivity index (χ0v) is 7.85. The molecule has 1 aromatic carbocycles. The minimum atomic E-state index is 0.980. The molecule has 0 amide bonds. The average Bonchev–Trinajstić information content (AvgIpc) is 2.45. The molecule has 1 aromatic rings. The smallest absolute Gasteiger partial charge is 0.0806 e. The Balaban J connectivity index is 2.70. The quantitative estimate of drug-likeness (QED) is 0.624. The van der Waals surface area contributed by atoms with Gasteiger partial charge in [0.15, 0.2) is 0 Å². The number of fused-ring (bicyclic) bond motifs is 1. The number of benzene rings is 1. The van der Waals surface area contributed by atoms with Crippen molar-refractivity contribution in [1.29, 1.82) is 0 Å². The topological polar surface area (TPSA) is 12.4 Å². The third-order valence-electron chi connectivity index (χ3n) is 1.92. The average molecular weight is 210 g/mol. The lowest BCUT2D eigenvalue weighted by molar-refractivity contribution is 1.34. The first kappa shape index (κ1) is 7.04. The van der Waals surface area contributed by atoms with E-state index in [9.17, 15) is 0 Å². The lowest BCUT2D eigenvalue weighted by atomic mass is 10.1. The minimum Gasteiger partial charge on any atom is -0.259 e. The van der Waals surface area contributed by atoms with Crippen LogP contribution in [0.1, 0.15) is 11.1 Å². The molecule has 2 rings (SSSR count). The van der Waals surface area contributed by atoms with Crippen molar-refractivity contribution in [2.45, 2.75) is 13.3 Å². The van der Waals surface area contributed by atoms with Crippen LogP contribution >= 0.6 is 15.9 Å². The van der Waals surface area contributed by atoms with E-state index in [-0.39, 0.29) is 0 Å². The van der Waals surface area contributed by atoms with E-state index in [2.05, 4.69) is 40.0 Å². The molecule has 1 aliphatic heterocycles. The minimum absolute atomic E-state index is 0.980. The molecular formula is C9H8BrN. The first-order valence-electron chi connectivity index (χ1n) is 3.59. The Labute approximate surface area is 74.3 Å². The van der Waals surface area contributed by atoms with Gasteiger partial charge in [0.1, 0.15) is 0 Å². The third kappa shape index (κ3) is 1.02. The van der Waals surface area contributed by atoms with Gasteiger partial charge in [-0.2, -0.15) is 0 Å². The van der Waals surface area contributed by atoms with Crippen molar-refractivity contribution in [1.82, 2.24) is 0 Å². The van der Waals surface area contributed by atoms with Crippen molar-refractivity contribution in [3.8, 4) is 0 Å². The molecule has 0 saturated carbocycles. The van der Waals surface area contributed by atoms with Gasteiger partial charge in [0.2, 0.25) is 0 Å². The summed E-state index contributed by atoms with van der Waals surface area (Å²) < 4.78 is 1.14. The third-order valence-corrected chi connectivity index (χ3v) is 2.93. The summed E-state index contributed by atoms with van der Waals surface area (Å²) in [6.07, 6.45) is 2.93. The molecule has 2 heteroatoms. The van der Waals surface area contributed by atoms with Gasteiger partial charge in [-0.3, -0.25) is 4.99 Å². The normalized spacial score (nSPS) is 13.6. The molecule has 1 aliphatic rings. The SMILES string of the molecule is Cc1ccc2c(c1Br)N=CC2. The Morgan fingerprint density at radius 1 is 1.45 bits per heavy atom. The predicted molar refractivity (Wildman–Crippen MR) is 50.7 cm³/mol. The number of aliphatic imine (C=N–C) groups is 1. The number of hydrogen-bond donors (Lipinski definition) is 0. The van der Waals surface area contributed by atoms with Crippen molar-refractivity contribution in [2.75, 3.05) is 0 Å². The highest BCUT2D eigenvalue weighted by atomic mass is 79.9. The zero-order valence-electron chi connectivity index (χ0n) is 6.26. The van der Waals surface area contributed by atoms with E-state index in [1.807, 2.05) is 6.21 Å². The van der Waals surface area contributed by atoms with Gasteiger partial charge in [-0.1, -0.05) is 12.1 Å². The fraction of sp³-hybridized carbons (Fsp3) is 0.222. The summed E-state index contributed by atoms with van der Waals surface area (Å²) in [6.45, 7) is 2.08. The van der Waals surface area contributed by atoms with Gasteiger partial charge >= 0.3 is 0 Å². The van der Waals surface area contributed by atoms with Crippen LogP contribution in [0.5, 0.6) is 0 Å². The maximum absolute atomic E-state index is 4.29. The number of rotatable bonds is 0. The lowest BCUT2D eigenvalue weighted by Crippen LogP contribution is -1.81. The Morgan fingerprint density at radius 2 is 2.27 bits per heavy atom. The first-order valence-corrected chi connectivity index (χ1v) is 4.39. The number of nitrogens with zero attached hydrogens (tertiary/aromatic N) is 1. The first-order chi connectivity index (χ1) is 5.29. The second kappa shape index (κ2) is 2.45. The van der Waals surface area contributed by atoms with Crippen molar-refractivity contribution in [3.05, 3.63) is 27.7 Å². The van der Waals surface area contributed by atoms with E-state index in [0.29, 0.717) is 0 Å². The molecule has 0 radical (unpaired) electrons. The Hall–Kier alpha value is -0.630. The van der Waals surface area contributed by atoms with Crippen LogP contribution in [0.3, 0.4) is 0 Å². The highest BCUT2D eigenvalue weighted by Gasteiger charge is 2.10. The number of halogens is 1. The van der Waals surface area contributed by atoms with Crippen LogP contribution in [0, 0.1) is 6.92 Å². The van der Waals surface area contributed by atoms with Crippen LogP contribution in [-0.2, 0) is 6.42 Å². The molecule has 0 spiro atoms. The second-order valence-electron chi connectivity index (χ2n) is 2.72. The van der Waals surface area contributed by atoms with E-state index in [4.69, 9.17) is 0 Å². The molecule has 0 N–H and O–H groups in total. The predicted octanol–water partition coefficient (Wildman–Crippen LogP) is 3.02. The van der Waals surface area contributed by atoms with E-state index >= 15 is 0 Å². The summed E-state index contributed by atoms with van der Waals surface area (Å²) in [5, 5.41) is 0. The van der Waals surface area contributed by atoms with Crippen LogP contribution in [-0.4, -0.2) is 6.21 Å². The summed E-state index contributed by atoms with van der Waals surface area (Å²) in [6, 6.07) is 4.26. The van der Waals surface area contributed by atoms with Crippen molar-refractivity contribution >= 4 is 27.8 Å². The van der Waals surface area contributed by atoms with Gasteiger partial charge in [-0.25, -0.2) is 0 Å². The molecule has 0 bridgehead atoms. The second-order valence-corrected chi connectivity index (χ2v) is 3.51. The summed E-state index contributed by atoms with van der Waals surface area (Å²) >= 11 is 3.52. The summed E-state index contributed by atoms with van der Waals surface area (Å²) in [5.41, 5.74) is 3.69. The van der Waals surface area contributed by atoms with Crippen LogP contribution in [0.2, 0.25) is 0 Å². The molecule has 1 heterocycles. The van der Waals surface area contributed by atoms with Gasteiger partial charge in [-0.05, 0) is 34.0 Å². The van der Waals surface area contributed by atoms with E-state index in [0.717, 1.165) is 16.6 Å². The maximum atomic E-state index is 4.29. The molecule has 11 heavy (non-hydrogen) atoms. The fourth-order valence-electron chi connectivity index (χ4n) is 1.24. The Morgan fingerprint density at radius 3 is 3.09 bits per heavy atom. The lowest BCUT2D eigenvalue weighted by Gasteiger charge is -2.02. The molecule has 0 saturated heterocycles. The van der Waals surface area contributed by atoms with Gasteiger partial charge in [0.05, 0.1) is 5.69 Å². The zero-order chi connectivity index (χ0) is 7.84. The molecule has 56 valence electrons. The van der Waals surface area contributed by atoms with Crippen LogP contribution in [0.25, 0.3) is 0 Å². The molecule has 0 fully saturated rings. The molecule has 0 atom stereocenters. The molecule has 0 aromatic heterocycles. The van der Waals surface area contributed by atoms with Crippen molar-refractivity contribution in [3.63, 3.8) is 0 Å². The van der Waals surface area contributed by atoms with Crippen LogP contribution in [0.4, 0.5) is 5.69 Å². The Kier molecular flexibility index (Phi) is 1.57. The van der Waals surface area contributed by atoms with Gasteiger partial charge in [-0.15, -0.1) is 0 Å². The molecule has 0 aliphatic carbocycles.